The lowest BCUT2D eigenvalue weighted by atomic mass is 9.98. The summed E-state index contributed by atoms with van der Waals surface area (Å²) < 4.78 is 31.5. The lowest BCUT2D eigenvalue weighted by Crippen LogP contribution is -2.36. The fraction of sp³-hybridized carbons (Fsp3) is 0.458. The van der Waals surface area contributed by atoms with Crippen LogP contribution in [-0.4, -0.2) is 54.6 Å². The first-order valence-electron chi connectivity index (χ1n) is 11.2. The number of ether oxygens (including phenoxy) is 1. The Morgan fingerprint density at radius 1 is 1.24 bits per heavy atom. The third kappa shape index (κ3) is 5.28. The maximum Gasteiger partial charge on any atom is 0.150 e. The number of imidazole rings is 1. The molecule has 0 amide bonds. The molecule has 0 aliphatic carbocycles. The van der Waals surface area contributed by atoms with Crippen molar-refractivity contribution in [1.29, 1.82) is 0 Å². The van der Waals surface area contributed by atoms with Crippen LogP contribution in [0.2, 0.25) is 5.02 Å². The van der Waals surface area contributed by atoms with E-state index < -0.39 is 9.84 Å². The van der Waals surface area contributed by atoms with Gasteiger partial charge in [-0.25, -0.2) is 13.4 Å². The van der Waals surface area contributed by atoms with Crippen molar-refractivity contribution < 1.29 is 18.3 Å². The Kier molecular flexibility index (Phi) is 7.16. The Morgan fingerprint density at radius 3 is 2.67 bits per heavy atom. The Hall–Kier alpha value is -2.29. The van der Waals surface area contributed by atoms with Crippen LogP contribution >= 0.6 is 11.6 Å². The van der Waals surface area contributed by atoms with Gasteiger partial charge in [-0.1, -0.05) is 18.5 Å². The van der Waals surface area contributed by atoms with Crippen molar-refractivity contribution in [2.45, 2.75) is 32.8 Å². The van der Waals surface area contributed by atoms with Gasteiger partial charge in [0.2, 0.25) is 0 Å². The zero-order valence-electron chi connectivity index (χ0n) is 19.0. The molecule has 1 fully saturated rings. The van der Waals surface area contributed by atoms with Crippen LogP contribution in [0.15, 0.2) is 36.7 Å². The zero-order valence-corrected chi connectivity index (χ0v) is 20.6. The summed E-state index contributed by atoms with van der Waals surface area (Å²) >= 11 is 6.32. The van der Waals surface area contributed by atoms with Crippen molar-refractivity contribution in [1.82, 2.24) is 9.38 Å². The number of hydrogen-bond donors (Lipinski definition) is 1. The second-order valence-electron chi connectivity index (χ2n) is 8.62. The van der Waals surface area contributed by atoms with E-state index in [4.69, 9.17) is 21.3 Å². The molecule has 7 nitrogen and oxygen atoms in total. The molecule has 178 valence electrons. The molecule has 0 atom stereocenters. The van der Waals surface area contributed by atoms with Gasteiger partial charge < -0.3 is 19.1 Å². The van der Waals surface area contributed by atoms with Gasteiger partial charge >= 0.3 is 0 Å². The molecule has 0 unspecified atom stereocenters. The van der Waals surface area contributed by atoms with Crippen LogP contribution in [0.4, 0.5) is 5.69 Å². The molecule has 3 aromatic rings. The maximum atomic E-state index is 12.2. The molecule has 1 aromatic carbocycles. The molecular formula is C24H30ClN3O4S. The number of nitrogens with zero attached hydrogens (tertiary/aromatic N) is 3. The second kappa shape index (κ2) is 9.91. The van der Waals surface area contributed by atoms with Gasteiger partial charge in [0, 0.05) is 48.6 Å². The molecular weight excluding hydrogens is 462 g/mol. The lowest BCUT2D eigenvalue weighted by molar-refractivity contribution is 0.281. The van der Waals surface area contributed by atoms with Gasteiger partial charge in [0.15, 0.2) is 9.84 Å². The fourth-order valence-corrected chi connectivity index (χ4v) is 6.61. The topological polar surface area (TPSA) is 84.1 Å². The van der Waals surface area contributed by atoms with Gasteiger partial charge in [0.25, 0.3) is 0 Å². The number of piperidine rings is 1. The normalized spacial score (nSPS) is 15.3. The van der Waals surface area contributed by atoms with Crippen molar-refractivity contribution in [3.63, 3.8) is 0 Å². The molecule has 0 spiro atoms. The third-order valence-electron chi connectivity index (χ3n) is 6.25. The summed E-state index contributed by atoms with van der Waals surface area (Å²) in [4.78, 5) is 7.07. The van der Waals surface area contributed by atoms with Gasteiger partial charge in [-0.2, -0.15) is 0 Å². The Morgan fingerprint density at radius 2 is 2.00 bits per heavy atom. The summed E-state index contributed by atoms with van der Waals surface area (Å²) in [5, 5.41) is 10.3. The predicted octanol–water partition coefficient (Wildman–Crippen LogP) is 4.20. The van der Waals surface area contributed by atoms with Gasteiger partial charge in [0.1, 0.15) is 11.4 Å². The van der Waals surface area contributed by atoms with Crippen molar-refractivity contribution in [2.75, 3.05) is 36.6 Å². The van der Waals surface area contributed by atoms with E-state index in [1.165, 1.54) is 0 Å². The van der Waals surface area contributed by atoms with E-state index in [0.29, 0.717) is 28.5 Å². The monoisotopic (exact) mass is 491 g/mol. The van der Waals surface area contributed by atoms with Crippen molar-refractivity contribution >= 4 is 32.8 Å². The molecule has 2 aromatic heterocycles. The van der Waals surface area contributed by atoms with Crippen LogP contribution in [0.1, 0.15) is 31.7 Å². The first-order valence-corrected chi connectivity index (χ1v) is 13.4. The maximum absolute atomic E-state index is 12.2. The second-order valence-corrected chi connectivity index (χ2v) is 11.3. The van der Waals surface area contributed by atoms with E-state index in [2.05, 4.69) is 11.0 Å². The molecule has 1 aliphatic heterocycles. The summed E-state index contributed by atoms with van der Waals surface area (Å²) in [5.41, 5.74) is 4.05. The number of halogens is 1. The van der Waals surface area contributed by atoms with E-state index in [0.717, 1.165) is 48.5 Å². The molecule has 0 saturated carbocycles. The number of hydrogen-bond acceptors (Lipinski definition) is 6. The number of benzene rings is 1. The Labute approximate surface area is 199 Å². The molecule has 3 heterocycles. The van der Waals surface area contributed by atoms with Gasteiger partial charge in [-0.05, 0) is 48.9 Å². The Bertz CT molecular complexity index is 1230. The standard InChI is InChI=1S/C24H30ClN3O4S/c1-3-10-33(30,31)16-17-4-7-27(8-5-17)19-6-9-28-14-22(26-24(28)12-19)20-13-21(25)23(32-2)11-18(20)15-29/h6,9,11-14,17,29H,3-5,7-8,10,15-16H2,1-2H3. The lowest BCUT2D eigenvalue weighted by Gasteiger charge is -2.33. The number of fused-ring (bicyclic) bond motifs is 1. The highest BCUT2D eigenvalue weighted by Gasteiger charge is 2.24. The van der Waals surface area contributed by atoms with Crippen LogP contribution in [0.25, 0.3) is 16.9 Å². The molecule has 1 N–H and O–H groups in total. The number of sulfone groups is 1. The zero-order chi connectivity index (χ0) is 23.6. The van der Waals surface area contributed by atoms with E-state index in [9.17, 15) is 13.5 Å². The SMILES string of the molecule is CCCS(=O)(=O)CC1CCN(c2ccn3cc(-c4cc(Cl)c(OC)cc4CO)nc3c2)CC1. The quantitative estimate of drug-likeness (QED) is 0.508. The fourth-order valence-electron chi connectivity index (χ4n) is 4.53. The summed E-state index contributed by atoms with van der Waals surface area (Å²) in [7, 11) is -1.40. The van der Waals surface area contributed by atoms with Gasteiger partial charge in [0.05, 0.1) is 30.2 Å². The van der Waals surface area contributed by atoms with E-state index >= 15 is 0 Å². The third-order valence-corrected chi connectivity index (χ3v) is 8.56. The van der Waals surface area contributed by atoms with Crippen LogP contribution in [0.5, 0.6) is 5.75 Å². The smallest absolute Gasteiger partial charge is 0.150 e. The molecule has 1 saturated heterocycles. The van der Waals surface area contributed by atoms with Gasteiger partial charge in [-0.3, -0.25) is 0 Å². The molecule has 4 rings (SSSR count). The highest BCUT2D eigenvalue weighted by molar-refractivity contribution is 7.91. The van der Waals surface area contributed by atoms with Crippen molar-refractivity contribution in [3.8, 4) is 17.0 Å². The highest BCUT2D eigenvalue weighted by Crippen LogP contribution is 2.34. The summed E-state index contributed by atoms with van der Waals surface area (Å²) in [6.07, 6.45) is 6.32. The van der Waals surface area contributed by atoms with Crippen LogP contribution in [-0.2, 0) is 16.4 Å². The Balaban J connectivity index is 1.52. The number of aromatic nitrogens is 2. The minimum Gasteiger partial charge on any atom is -0.495 e. The van der Waals surface area contributed by atoms with E-state index in [1.807, 2.05) is 29.8 Å². The number of methoxy groups -OCH3 is 1. The number of pyridine rings is 1. The minimum atomic E-state index is -2.95. The van der Waals surface area contributed by atoms with Crippen LogP contribution in [0, 0.1) is 5.92 Å². The average Bonchev–Trinajstić information content (AvgIpc) is 3.22. The van der Waals surface area contributed by atoms with Crippen molar-refractivity contribution in [2.24, 2.45) is 5.92 Å². The average molecular weight is 492 g/mol. The minimum absolute atomic E-state index is 0.148. The highest BCUT2D eigenvalue weighted by atomic mass is 35.5. The van der Waals surface area contributed by atoms with Crippen molar-refractivity contribution in [3.05, 3.63) is 47.2 Å². The van der Waals surface area contributed by atoms with Gasteiger partial charge in [-0.15, -0.1) is 0 Å². The number of anilines is 1. The first-order chi connectivity index (χ1) is 15.8. The molecule has 0 bridgehead atoms. The summed E-state index contributed by atoms with van der Waals surface area (Å²) in [5.74, 6) is 1.33. The number of rotatable bonds is 8. The number of aliphatic hydroxyl groups excluding tert-OH is 1. The first kappa shape index (κ1) is 23.9. The molecule has 33 heavy (non-hydrogen) atoms. The summed E-state index contributed by atoms with van der Waals surface area (Å²) in [6.45, 7) is 3.42. The largest absolute Gasteiger partial charge is 0.495 e. The van der Waals surface area contributed by atoms with Crippen LogP contribution < -0.4 is 9.64 Å². The van der Waals surface area contributed by atoms with Crippen LogP contribution in [0.3, 0.4) is 0 Å². The van der Waals surface area contributed by atoms with E-state index in [1.54, 1.807) is 19.2 Å². The molecule has 9 heteroatoms. The predicted molar refractivity (Wildman–Crippen MR) is 132 cm³/mol. The number of aliphatic hydroxyl groups is 1. The molecule has 1 aliphatic rings. The molecule has 0 radical (unpaired) electrons. The van der Waals surface area contributed by atoms with E-state index in [-0.39, 0.29) is 18.3 Å². The summed E-state index contributed by atoms with van der Waals surface area (Å²) in [6, 6.07) is 7.60.